The minimum absolute atomic E-state index is 0.0510. The van der Waals surface area contributed by atoms with Crippen LogP contribution in [0.1, 0.15) is 51.3 Å². The quantitative estimate of drug-likeness (QED) is 0.912. The minimum Gasteiger partial charge on any atom is -0.330 e. The maximum Gasteiger partial charge on any atom is 0.317 e. The Morgan fingerprint density at radius 3 is 2.80 bits per heavy atom. The summed E-state index contributed by atoms with van der Waals surface area (Å²) in [6, 6.07) is 5.81. The normalized spacial score (nSPS) is 24.1. The van der Waals surface area contributed by atoms with Crippen molar-refractivity contribution in [1.82, 2.24) is 20.1 Å². The van der Waals surface area contributed by atoms with E-state index in [1.807, 2.05) is 30.0 Å². The minimum atomic E-state index is -0.0577. The van der Waals surface area contributed by atoms with Gasteiger partial charge in [0.25, 0.3) is 0 Å². The first kappa shape index (κ1) is 18.2. The van der Waals surface area contributed by atoms with Crippen molar-refractivity contribution < 1.29 is 4.79 Å². The molecule has 0 bridgehead atoms. The second-order valence-electron chi connectivity index (χ2n) is 7.86. The molecule has 1 N–H and O–H groups in total. The van der Waals surface area contributed by atoms with Crippen LogP contribution in [0.4, 0.5) is 4.79 Å². The van der Waals surface area contributed by atoms with E-state index < -0.39 is 0 Å². The summed E-state index contributed by atoms with van der Waals surface area (Å²) in [5.41, 5.74) is 0.909. The Morgan fingerprint density at radius 2 is 2.08 bits per heavy atom. The Bertz CT molecular complexity index is 542. The van der Waals surface area contributed by atoms with Crippen LogP contribution in [0.2, 0.25) is 0 Å². The van der Waals surface area contributed by atoms with Gasteiger partial charge in [0.15, 0.2) is 0 Å². The Hall–Kier alpha value is -1.62. The van der Waals surface area contributed by atoms with Crippen LogP contribution in [0.15, 0.2) is 24.4 Å². The molecule has 1 aromatic rings. The number of carbonyl (C=O) groups excluding carboxylic acids is 1. The molecule has 5 nitrogen and oxygen atoms in total. The second kappa shape index (κ2) is 8.65. The van der Waals surface area contributed by atoms with Gasteiger partial charge < -0.3 is 15.1 Å². The van der Waals surface area contributed by atoms with E-state index in [-0.39, 0.29) is 12.1 Å². The van der Waals surface area contributed by atoms with E-state index in [1.54, 1.807) is 6.20 Å². The lowest BCUT2D eigenvalue weighted by Crippen LogP contribution is -2.48. The average molecular weight is 345 g/mol. The number of pyridine rings is 1. The van der Waals surface area contributed by atoms with Gasteiger partial charge in [0, 0.05) is 25.8 Å². The zero-order valence-electron chi connectivity index (χ0n) is 15.7. The second-order valence-corrected chi connectivity index (χ2v) is 7.86. The number of urea groups is 1. The number of carbonyl (C=O) groups is 1. The van der Waals surface area contributed by atoms with Crippen molar-refractivity contribution in [2.45, 2.75) is 45.6 Å². The van der Waals surface area contributed by atoms with Crippen LogP contribution in [0.3, 0.4) is 0 Å². The molecule has 0 radical (unpaired) electrons. The molecule has 0 aromatic carbocycles. The summed E-state index contributed by atoms with van der Waals surface area (Å²) in [6.45, 7) is 9.69. The van der Waals surface area contributed by atoms with Gasteiger partial charge in [-0.05, 0) is 69.7 Å². The van der Waals surface area contributed by atoms with Gasteiger partial charge in [-0.1, -0.05) is 13.0 Å². The van der Waals surface area contributed by atoms with E-state index in [9.17, 15) is 4.79 Å². The van der Waals surface area contributed by atoms with Crippen LogP contribution in [0.5, 0.6) is 0 Å². The fraction of sp³-hybridized carbons (Fsp3) is 0.700. The highest BCUT2D eigenvalue weighted by atomic mass is 16.2. The predicted molar refractivity (Wildman–Crippen MR) is 100 cm³/mol. The molecule has 2 fully saturated rings. The third-order valence-electron chi connectivity index (χ3n) is 5.67. The molecule has 138 valence electrons. The molecule has 3 heterocycles. The maximum atomic E-state index is 12.6. The Balaban J connectivity index is 1.48. The fourth-order valence-electron chi connectivity index (χ4n) is 3.99. The van der Waals surface area contributed by atoms with E-state index in [0.29, 0.717) is 5.92 Å². The predicted octanol–water partition coefficient (Wildman–Crippen LogP) is 3.30. The zero-order chi connectivity index (χ0) is 17.6. The van der Waals surface area contributed by atoms with Gasteiger partial charge >= 0.3 is 6.03 Å². The molecule has 25 heavy (non-hydrogen) atoms. The number of hydrogen-bond acceptors (Lipinski definition) is 3. The van der Waals surface area contributed by atoms with E-state index in [2.05, 4.69) is 22.1 Å². The molecule has 5 heteroatoms. The number of nitrogens with zero attached hydrogens (tertiary/aromatic N) is 3. The summed E-state index contributed by atoms with van der Waals surface area (Å²) in [4.78, 5) is 21.6. The highest BCUT2D eigenvalue weighted by Gasteiger charge is 2.27. The Morgan fingerprint density at radius 1 is 1.28 bits per heavy atom. The summed E-state index contributed by atoms with van der Waals surface area (Å²) in [6.07, 6.45) is 6.76. The lowest BCUT2D eigenvalue weighted by Gasteiger charge is -2.38. The number of rotatable bonds is 4. The van der Waals surface area contributed by atoms with Crippen molar-refractivity contribution in [3.8, 4) is 0 Å². The summed E-state index contributed by atoms with van der Waals surface area (Å²) in [5, 5.41) is 3.11. The molecule has 2 amide bonds. The molecule has 1 aromatic heterocycles. The van der Waals surface area contributed by atoms with Gasteiger partial charge in [-0.25, -0.2) is 4.79 Å². The Labute approximate surface area is 151 Å². The standard InChI is InChI=1S/C20H32N4O/c1-16-8-12-23(13-9-16)14-18-6-5-11-24(15-18)20(25)22-17(2)19-7-3-4-10-21-19/h3-4,7,10,16-18H,5-6,8-9,11-15H2,1-2H3,(H,22,25)/t17-,18-/m1/s1. The first-order chi connectivity index (χ1) is 12.1. The highest BCUT2D eigenvalue weighted by molar-refractivity contribution is 5.74. The van der Waals surface area contributed by atoms with Gasteiger partial charge in [-0.3, -0.25) is 4.98 Å². The van der Waals surface area contributed by atoms with Crippen LogP contribution in [-0.2, 0) is 0 Å². The molecule has 0 spiro atoms. The summed E-state index contributed by atoms with van der Waals surface area (Å²) >= 11 is 0. The van der Waals surface area contributed by atoms with Gasteiger partial charge in [0.1, 0.15) is 0 Å². The third kappa shape index (κ3) is 5.18. The molecule has 0 saturated carbocycles. The SMILES string of the molecule is CC1CCN(C[C@H]2CCCN(C(=O)N[C@H](C)c3ccccn3)C2)CC1. The van der Waals surface area contributed by atoms with E-state index in [4.69, 9.17) is 0 Å². The molecule has 0 unspecified atom stereocenters. The van der Waals surface area contributed by atoms with Crippen molar-refractivity contribution in [2.75, 3.05) is 32.7 Å². The molecule has 0 aliphatic carbocycles. The van der Waals surface area contributed by atoms with Crippen LogP contribution in [0.25, 0.3) is 0 Å². The molecular weight excluding hydrogens is 312 g/mol. The molecular formula is C20H32N4O. The number of hydrogen-bond donors (Lipinski definition) is 1. The van der Waals surface area contributed by atoms with Crippen LogP contribution in [0, 0.1) is 11.8 Å². The zero-order valence-corrected chi connectivity index (χ0v) is 15.7. The lowest BCUT2D eigenvalue weighted by atomic mass is 9.94. The topological polar surface area (TPSA) is 48.5 Å². The fourth-order valence-corrected chi connectivity index (χ4v) is 3.99. The number of likely N-dealkylation sites (tertiary alicyclic amines) is 2. The monoisotopic (exact) mass is 344 g/mol. The van der Waals surface area contributed by atoms with Gasteiger partial charge in [-0.15, -0.1) is 0 Å². The Kier molecular flexibility index (Phi) is 6.29. The number of piperidine rings is 2. The third-order valence-corrected chi connectivity index (χ3v) is 5.67. The van der Waals surface area contributed by atoms with Crippen molar-refractivity contribution in [3.63, 3.8) is 0 Å². The number of aromatic nitrogens is 1. The summed E-state index contributed by atoms with van der Waals surface area (Å²) in [5.74, 6) is 1.48. The maximum absolute atomic E-state index is 12.6. The average Bonchev–Trinajstić information content (AvgIpc) is 2.64. The first-order valence-electron chi connectivity index (χ1n) is 9.80. The molecule has 2 saturated heterocycles. The lowest BCUT2D eigenvalue weighted by molar-refractivity contribution is 0.119. The van der Waals surface area contributed by atoms with Gasteiger partial charge in [0.2, 0.25) is 0 Å². The number of amides is 2. The summed E-state index contributed by atoms with van der Waals surface area (Å²) < 4.78 is 0. The first-order valence-corrected chi connectivity index (χ1v) is 9.80. The van der Waals surface area contributed by atoms with Crippen LogP contribution in [-0.4, -0.2) is 53.5 Å². The van der Waals surface area contributed by atoms with E-state index in [0.717, 1.165) is 37.7 Å². The highest BCUT2D eigenvalue weighted by Crippen LogP contribution is 2.22. The van der Waals surface area contributed by atoms with Crippen molar-refractivity contribution in [3.05, 3.63) is 30.1 Å². The van der Waals surface area contributed by atoms with E-state index in [1.165, 1.54) is 32.4 Å². The van der Waals surface area contributed by atoms with Crippen molar-refractivity contribution >= 4 is 6.03 Å². The van der Waals surface area contributed by atoms with Crippen molar-refractivity contribution in [2.24, 2.45) is 11.8 Å². The molecule has 2 aliphatic heterocycles. The van der Waals surface area contributed by atoms with Crippen LogP contribution >= 0.6 is 0 Å². The molecule has 2 aliphatic rings. The van der Waals surface area contributed by atoms with Gasteiger partial charge in [0.05, 0.1) is 11.7 Å². The summed E-state index contributed by atoms with van der Waals surface area (Å²) in [7, 11) is 0. The van der Waals surface area contributed by atoms with Gasteiger partial charge in [-0.2, -0.15) is 0 Å². The van der Waals surface area contributed by atoms with Crippen LogP contribution < -0.4 is 5.32 Å². The van der Waals surface area contributed by atoms with E-state index >= 15 is 0 Å². The largest absolute Gasteiger partial charge is 0.330 e. The molecule has 2 atom stereocenters. The van der Waals surface area contributed by atoms with Crippen molar-refractivity contribution in [1.29, 1.82) is 0 Å². The number of nitrogens with one attached hydrogen (secondary N) is 1. The smallest absolute Gasteiger partial charge is 0.317 e. The molecule has 3 rings (SSSR count).